The number of rotatable bonds is 6. The van der Waals surface area contributed by atoms with E-state index in [1.807, 2.05) is 55.5 Å². The van der Waals surface area contributed by atoms with E-state index in [1.54, 1.807) is 0 Å². The topological polar surface area (TPSA) is 90.1 Å². The Balaban J connectivity index is 1.45. The average molecular weight is 455 g/mol. The summed E-state index contributed by atoms with van der Waals surface area (Å²) in [6, 6.07) is 15.2. The Morgan fingerprint density at radius 1 is 1.23 bits per heavy atom. The third-order valence-electron chi connectivity index (χ3n) is 5.09. The zero-order valence-electron chi connectivity index (χ0n) is 17.1. The fourth-order valence-corrected chi connectivity index (χ4v) is 4.42. The molecule has 0 bridgehead atoms. The summed E-state index contributed by atoms with van der Waals surface area (Å²) in [4.78, 5) is 21.7. The first-order valence-electron chi connectivity index (χ1n) is 10.1. The van der Waals surface area contributed by atoms with Crippen molar-refractivity contribution >= 4 is 35.1 Å². The van der Waals surface area contributed by atoms with Crippen molar-refractivity contribution in [3.8, 4) is 16.9 Å². The van der Waals surface area contributed by atoms with Gasteiger partial charge in [-0.15, -0.1) is 0 Å². The summed E-state index contributed by atoms with van der Waals surface area (Å²) in [6.45, 7) is 2.60. The van der Waals surface area contributed by atoms with Gasteiger partial charge < -0.3 is 15.8 Å². The van der Waals surface area contributed by atoms with Gasteiger partial charge in [-0.25, -0.2) is 9.97 Å². The third kappa shape index (κ3) is 4.94. The van der Waals surface area contributed by atoms with Gasteiger partial charge in [-0.2, -0.15) is 0 Å². The minimum absolute atomic E-state index is 0.0532. The molecule has 0 spiro atoms. The number of nitrogens with zero attached hydrogens (tertiary/aromatic N) is 2. The van der Waals surface area contributed by atoms with Crippen LogP contribution in [0.15, 0.2) is 53.7 Å². The lowest BCUT2D eigenvalue weighted by molar-refractivity contribution is -0.119. The lowest BCUT2D eigenvalue weighted by atomic mass is 10.0. The second kappa shape index (κ2) is 9.58. The highest BCUT2D eigenvalue weighted by molar-refractivity contribution is 7.99. The van der Waals surface area contributed by atoms with E-state index in [1.165, 1.54) is 11.8 Å². The summed E-state index contributed by atoms with van der Waals surface area (Å²) in [5, 5.41) is 4.25. The summed E-state index contributed by atoms with van der Waals surface area (Å²) in [5.74, 6) is 1.36. The molecule has 6 nitrogen and oxygen atoms in total. The summed E-state index contributed by atoms with van der Waals surface area (Å²) in [6.07, 6.45) is 1.44. The van der Waals surface area contributed by atoms with Crippen molar-refractivity contribution in [1.29, 1.82) is 0 Å². The Kier molecular flexibility index (Phi) is 6.63. The first kappa shape index (κ1) is 21.5. The number of anilines is 1. The van der Waals surface area contributed by atoms with Crippen molar-refractivity contribution in [3.05, 3.63) is 64.8 Å². The molecule has 0 saturated heterocycles. The lowest BCUT2D eigenvalue weighted by Gasteiger charge is -2.26. The molecule has 3 aromatic rings. The van der Waals surface area contributed by atoms with Crippen molar-refractivity contribution in [3.63, 3.8) is 0 Å². The number of nitrogens with two attached hydrogens (primary N) is 1. The number of carbonyl (C=O) groups excluding carboxylic acids is 1. The van der Waals surface area contributed by atoms with Gasteiger partial charge in [-0.3, -0.25) is 4.79 Å². The minimum Gasteiger partial charge on any atom is -0.493 e. The number of halogens is 1. The smallest absolute Gasteiger partial charge is 0.230 e. The van der Waals surface area contributed by atoms with Crippen molar-refractivity contribution in [2.24, 2.45) is 0 Å². The number of ether oxygens (including phenoxy) is 1. The SMILES string of the molecule is CCc1nc(SCC(=O)N[C@H]2CCOc3ccccc32)nc(N)c1-c1ccc(Cl)cc1. The fourth-order valence-electron chi connectivity index (χ4n) is 3.61. The van der Waals surface area contributed by atoms with E-state index in [4.69, 9.17) is 22.1 Å². The second-order valence-corrected chi connectivity index (χ2v) is 8.54. The molecule has 8 heteroatoms. The van der Waals surface area contributed by atoms with Crippen LogP contribution in [0.3, 0.4) is 0 Å². The van der Waals surface area contributed by atoms with Gasteiger partial charge in [-0.1, -0.05) is 60.6 Å². The molecule has 1 aliphatic rings. The van der Waals surface area contributed by atoms with E-state index in [0.29, 0.717) is 29.0 Å². The molecule has 160 valence electrons. The number of para-hydroxylation sites is 1. The van der Waals surface area contributed by atoms with E-state index >= 15 is 0 Å². The highest BCUT2D eigenvalue weighted by atomic mass is 35.5. The van der Waals surface area contributed by atoms with Gasteiger partial charge in [0.1, 0.15) is 11.6 Å². The first-order valence-corrected chi connectivity index (χ1v) is 11.5. The molecule has 4 rings (SSSR count). The predicted octanol–water partition coefficient (Wildman–Crippen LogP) is 4.67. The molecule has 31 heavy (non-hydrogen) atoms. The Labute approximate surface area is 190 Å². The van der Waals surface area contributed by atoms with Gasteiger partial charge in [0.05, 0.1) is 24.1 Å². The molecule has 0 saturated carbocycles. The van der Waals surface area contributed by atoms with Crippen molar-refractivity contribution in [2.45, 2.75) is 31.0 Å². The highest BCUT2D eigenvalue weighted by Crippen LogP contribution is 2.33. The monoisotopic (exact) mass is 454 g/mol. The van der Waals surface area contributed by atoms with Gasteiger partial charge in [0.2, 0.25) is 5.91 Å². The molecular weight excluding hydrogens is 432 g/mol. The average Bonchev–Trinajstić information content (AvgIpc) is 2.78. The quantitative estimate of drug-likeness (QED) is 0.415. The molecule has 2 heterocycles. The molecule has 1 amide bonds. The zero-order valence-corrected chi connectivity index (χ0v) is 18.7. The van der Waals surface area contributed by atoms with Crippen LogP contribution in [-0.4, -0.2) is 28.2 Å². The number of hydrogen-bond donors (Lipinski definition) is 2. The molecule has 1 aromatic heterocycles. The van der Waals surface area contributed by atoms with E-state index in [-0.39, 0.29) is 17.7 Å². The number of nitrogens with one attached hydrogen (secondary N) is 1. The van der Waals surface area contributed by atoms with Crippen LogP contribution in [0.1, 0.15) is 30.6 Å². The summed E-state index contributed by atoms with van der Waals surface area (Å²) >= 11 is 7.28. The van der Waals surface area contributed by atoms with Crippen LogP contribution in [0.4, 0.5) is 5.82 Å². The lowest BCUT2D eigenvalue weighted by Crippen LogP contribution is -2.33. The fraction of sp³-hybridized carbons (Fsp3) is 0.261. The van der Waals surface area contributed by atoms with E-state index in [9.17, 15) is 4.79 Å². The molecule has 3 N–H and O–H groups in total. The largest absolute Gasteiger partial charge is 0.493 e. The van der Waals surface area contributed by atoms with Crippen LogP contribution < -0.4 is 15.8 Å². The van der Waals surface area contributed by atoms with Crippen LogP contribution >= 0.6 is 23.4 Å². The van der Waals surface area contributed by atoms with Crippen LogP contribution in [-0.2, 0) is 11.2 Å². The summed E-state index contributed by atoms with van der Waals surface area (Å²) in [5.41, 5.74) is 9.85. The van der Waals surface area contributed by atoms with Crippen LogP contribution in [0.5, 0.6) is 5.75 Å². The van der Waals surface area contributed by atoms with Crippen molar-refractivity contribution < 1.29 is 9.53 Å². The van der Waals surface area contributed by atoms with Gasteiger partial charge in [0.15, 0.2) is 5.16 Å². The van der Waals surface area contributed by atoms with Crippen LogP contribution in [0.25, 0.3) is 11.1 Å². The number of carbonyl (C=O) groups is 1. The first-order chi connectivity index (χ1) is 15.0. The number of hydrogen-bond acceptors (Lipinski definition) is 6. The maximum Gasteiger partial charge on any atom is 0.230 e. The van der Waals surface area contributed by atoms with Crippen molar-refractivity contribution in [1.82, 2.24) is 15.3 Å². The van der Waals surface area contributed by atoms with Crippen LogP contribution in [0, 0.1) is 0 Å². The van der Waals surface area contributed by atoms with E-state index in [2.05, 4.69) is 15.3 Å². The molecule has 1 aliphatic heterocycles. The van der Waals surface area contributed by atoms with Gasteiger partial charge >= 0.3 is 0 Å². The Morgan fingerprint density at radius 3 is 2.77 bits per heavy atom. The molecule has 0 fully saturated rings. The second-order valence-electron chi connectivity index (χ2n) is 7.16. The maximum absolute atomic E-state index is 12.6. The number of amides is 1. The Hall–Kier alpha value is -2.77. The third-order valence-corrected chi connectivity index (χ3v) is 6.18. The zero-order chi connectivity index (χ0) is 21.8. The summed E-state index contributed by atoms with van der Waals surface area (Å²) in [7, 11) is 0. The number of nitrogen functional groups attached to an aromatic ring is 1. The highest BCUT2D eigenvalue weighted by Gasteiger charge is 2.23. The molecule has 0 aliphatic carbocycles. The molecule has 2 aromatic carbocycles. The molecule has 1 atom stereocenters. The van der Waals surface area contributed by atoms with E-state index in [0.717, 1.165) is 34.6 Å². The van der Waals surface area contributed by atoms with Gasteiger partial charge in [0, 0.05) is 22.6 Å². The molecular formula is C23H23ClN4O2S. The number of thioether (sulfide) groups is 1. The van der Waals surface area contributed by atoms with Crippen molar-refractivity contribution in [2.75, 3.05) is 18.1 Å². The van der Waals surface area contributed by atoms with Crippen LogP contribution in [0.2, 0.25) is 5.02 Å². The normalized spacial score (nSPS) is 15.1. The molecule has 0 radical (unpaired) electrons. The maximum atomic E-state index is 12.6. The van der Waals surface area contributed by atoms with E-state index < -0.39 is 0 Å². The van der Waals surface area contributed by atoms with Gasteiger partial charge in [-0.05, 0) is 30.2 Å². The standard InChI is InChI=1S/C23H23ClN4O2S/c1-2-17-21(14-7-9-15(24)10-8-14)22(25)28-23(27-17)31-13-20(29)26-18-11-12-30-19-6-4-3-5-16(18)19/h3-10,18H,2,11-13H2,1H3,(H,26,29)(H2,25,27,28)/t18-/m0/s1. The Morgan fingerprint density at radius 2 is 2.00 bits per heavy atom. The number of aromatic nitrogens is 2. The number of fused-ring (bicyclic) bond motifs is 1. The number of aryl methyl sites for hydroxylation is 1. The summed E-state index contributed by atoms with van der Waals surface area (Å²) < 4.78 is 5.66. The molecule has 0 unspecified atom stereocenters. The predicted molar refractivity (Wildman–Crippen MR) is 124 cm³/mol. The number of benzene rings is 2. The minimum atomic E-state index is -0.0753. The van der Waals surface area contributed by atoms with Gasteiger partial charge in [0.25, 0.3) is 0 Å². The Bertz CT molecular complexity index is 1090.